The first kappa shape index (κ1) is 22.6. The van der Waals surface area contributed by atoms with E-state index in [0.717, 1.165) is 18.4 Å². The second-order valence-electron chi connectivity index (χ2n) is 7.98. The van der Waals surface area contributed by atoms with Crippen molar-refractivity contribution in [3.63, 3.8) is 0 Å². The maximum Gasteiger partial charge on any atom is 0.239 e. The van der Waals surface area contributed by atoms with Crippen LogP contribution in [0.1, 0.15) is 38.4 Å². The van der Waals surface area contributed by atoms with Crippen molar-refractivity contribution in [2.24, 2.45) is 0 Å². The van der Waals surface area contributed by atoms with Gasteiger partial charge in [-0.05, 0) is 31.9 Å². The third-order valence-corrected chi connectivity index (χ3v) is 7.82. The first-order chi connectivity index (χ1) is 15.3. The fourth-order valence-corrected chi connectivity index (χ4v) is 4.91. The van der Waals surface area contributed by atoms with Gasteiger partial charge >= 0.3 is 0 Å². The molecule has 0 aliphatic heterocycles. The average Bonchev–Trinajstić information content (AvgIpc) is 3.44. The molecule has 3 aromatic rings. The van der Waals surface area contributed by atoms with Crippen LogP contribution >= 0.6 is 11.6 Å². The summed E-state index contributed by atoms with van der Waals surface area (Å²) < 4.78 is 36.4. The zero-order valence-corrected chi connectivity index (χ0v) is 19.5. The molecule has 170 valence electrons. The minimum atomic E-state index is -3.85. The first-order valence-electron chi connectivity index (χ1n) is 10.1. The fraction of sp³-hybridized carbons (Fsp3) is 0.450. The molecule has 1 saturated carbocycles. The number of rotatable bonds is 9. The highest BCUT2D eigenvalue weighted by molar-refractivity contribution is 7.93. The van der Waals surface area contributed by atoms with Gasteiger partial charge in [-0.25, -0.2) is 18.4 Å². The summed E-state index contributed by atoms with van der Waals surface area (Å²) in [5.41, 5.74) is 0.332. The Morgan fingerprint density at radius 2 is 1.94 bits per heavy atom. The van der Waals surface area contributed by atoms with E-state index >= 15 is 0 Å². The molecule has 1 aliphatic carbocycles. The van der Waals surface area contributed by atoms with Crippen molar-refractivity contribution in [1.82, 2.24) is 29.7 Å². The van der Waals surface area contributed by atoms with Gasteiger partial charge in [0.15, 0.2) is 5.82 Å². The van der Waals surface area contributed by atoms with Crippen LogP contribution < -0.4 is 4.72 Å². The molecule has 3 aromatic heterocycles. The van der Waals surface area contributed by atoms with Crippen molar-refractivity contribution < 1.29 is 13.2 Å². The van der Waals surface area contributed by atoms with Crippen LogP contribution in [-0.4, -0.2) is 57.1 Å². The minimum Gasteiger partial charge on any atom is -0.382 e. The Hall–Kier alpha value is -2.63. The number of halogens is 1. The molecule has 0 radical (unpaired) electrons. The van der Waals surface area contributed by atoms with Crippen molar-refractivity contribution in [3.8, 4) is 11.4 Å². The maximum atomic E-state index is 13.3. The van der Waals surface area contributed by atoms with Crippen LogP contribution in [0.3, 0.4) is 0 Å². The summed E-state index contributed by atoms with van der Waals surface area (Å²) in [5.74, 6) is 0.595. The van der Waals surface area contributed by atoms with Crippen LogP contribution in [0.2, 0.25) is 5.02 Å². The molecular weight excluding hydrogens is 454 g/mol. The summed E-state index contributed by atoms with van der Waals surface area (Å²) in [6.45, 7) is 3.78. The normalized spacial score (nSPS) is 17.0. The van der Waals surface area contributed by atoms with Gasteiger partial charge in [0.25, 0.3) is 0 Å². The summed E-state index contributed by atoms with van der Waals surface area (Å²) in [6, 6.07) is 3.65. The van der Waals surface area contributed by atoms with Gasteiger partial charge in [0, 0.05) is 43.4 Å². The molecule has 12 heteroatoms. The lowest BCUT2D eigenvalue weighted by Crippen LogP contribution is -2.33. The average molecular weight is 478 g/mol. The Labute approximate surface area is 191 Å². The second kappa shape index (κ2) is 8.72. The lowest BCUT2D eigenvalue weighted by Gasteiger charge is -2.23. The molecule has 1 fully saturated rings. The Kier molecular flexibility index (Phi) is 6.15. The Balaban J connectivity index is 1.68. The molecule has 2 atom stereocenters. The predicted molar refractivity (Wildman–Crippen MR) is 120 cm³/mol. The summed E-state index contributed by atoms with van der Waals surface area (Å²) in [5, 5.41) is 8.01. The number of pyridine rings is 1. The number of anilines is 1. The molecule has 32 heavy (non-hydrogen) atoms. The SMILES string of the molecule is COCC1(n2c(NS(=O)(=O)[C@@H](C)[C@H](C)c3ncc(Cl)cn3)nnc2-c2cccnc2)CC1. The molecule has 3 heterocycles. The van der Waals surface area contributed by atoms with Gasteiger partial charge in [-0.2, -0.15) is 0 Å². The van der Waals surface area contributed by atoms with Crippen LogP contribution in [-0.2, 0) is 20.3 Å². The summed E-state index contributed by atoms with van der Waals surface area (Å²) in [6.07, 6.45) is 7.88. The quantitative estimate of drug-likeness (QED) is 0.498. The topological polar surface area (TPSA) is 125 Å². The lowest BCUT2D eigenvalue weighted by molar-refractivity contribution is 0.145. The number of aromatic nitrogens is 6. The standard InChI is InChI=1S/C20H24ClN7O3S/c1-13(17-23-10-16(21)11-24-17)14(2)32(29,30)27-19-26-25-18(15-5-4-8-22-9-15)28(19)20(6-7-20)12-31-3/h4-5,8-11,13-14H,6-7,12H2,1-3H3,(H,26,27)/t13-,14-/m0/s1. The van der Waals surface area contributed by atoms with Crippen LogP contribution in [0, 0.1) is 0 Å². The molecule has 0 bridgehead atoms. The molecule has 0 saturated heterocycles. The highest BCUT2D eigenvalue weighted by Gasteiger charge is 2.48. The Morgan fingerprint density at radius 1 is 1.22 bits per heavy atom. The number of hydrogen-bond donors (Lipinski definition) is 1. The van der Waals surface area contributed by atoms with Crippen molar-refractivity contribution >= 4 is 27.6 Å². The first-order valence-corrected chi connectivity index (χ1v) is 12.0. The van der Waals surface area contributed by atoms with Crippen LogP contribution in [0.25, 0.3) is 11.4 Å². The highest BCUT2D eigenvalue weighted by Crippen LogP contribution is 2.47. The molecule has 1 aliphatic rings. The van der Waals surface area contributed by atoms with E-state index in [0.29, 0.717) is 23.3 Å². The van der Waals surface area contributed by atoms with Crippen LogP contribution in [0.4, 0.5) is 5.95 Å². The van der Waals surface area contributed by atoms with E-state index in [1.54, 1.807) is 39.4 Å². The van der Waals surface area contributed by atoms with Gasteiger partial charge in [-0.15, -0.1) is 10.2 Å². The van der Waals surface area contributed by atoms with E-state index in [4.69, 9.17) is 16.3 Å². The van der Waals surface area contributed by atoms with Gasteiger partial charge in [-0.3, -0.25) is 14.3 Å². The van der Waals surface area contributed by atoms with Crippen molar-refractivity contribution in [2.75, 3.05) is 18.4 Å². The van der Waals surface area contributed by atoms with Gasteiger partial charge in [-0.1, -0.05) is 18.5 Å². The fourth-order valence-electron chi connectivity index (χ4n) is 3.58. The van der Waals surface area contributed by atoms with E-state index in [2.05, 4.69) is 29.9 Å². The smallest absolute Gasteiger partial charge is 0.239 e. The van der Waals surface area contributed by atoms with E-state index < -0.39 is 26.7 Å². The van der Waals surface area contributed by atoms with Gasteiger partial charge in [0.2, 0.25) is 16.0 Å². The summed E-state index contributed by atoms with van der Waals surface area (Å²) >= 11 is 5.85. The maximum absolute atomic E-state index is 13.3. The number of sulfonamides is 1. The zero-order valence-electron chi connectivity index (χ0n) is 17.9. The van der Waals surface area contributed by atoms with Gasteiger partial charge in [0.05, 0.1) is 22.4 Å². The number of ether oxygens (including phenoxy) is 1. The molecule has 0 unspecified atom stereocenters. The molecule has 0 spiro atoms. The number of methoxy groups -OCH3 is 1. The van der Waals surface area contributed by atoms with Gasteiger partial charge < -0.3 is 4.74 Å². The third kappa shape index (κ3) is 4.32. The number of hydrogen-bond acceptors (Lipinski definition) is 8. The van der Waals surface area contributed by atoms with Crippen molar-refractivity contribution in [3.05, 3.63) is 47.8 Å². The number of nitrogens with one attached hydrogen (secondary N) is 1. The van der Waals surface area contributed by atoms with E-state index in [-0.39, 0.29) is 5.95 Å². The third-order valence-electron chi connectivity index (χ3n) is 5.77. The largest absolute Gasteiger partial charge is 0.382 e. The predicted octanol–water partition coefficient (Wildman–Crippen LogP) is 2.85. The molecule has 10 nitrogen and oxygen atoms in total. The summed E-state index contributed by atoms with van der Waals surface area (Å²) in [7, 11) is -2.23. The van der Waals surface area contributed by atoms with Crippen molar-refractivity contribution in [2.45, 2.75) is 43.4 Å². The highest BCUT2D eigenvalue weighted by atomic mass is 35.5. The minimum absolute atomic E-state index is 0.148. The Bertz CT molecular complexity index is 1180. The summed E-state index contributed by atoms with van der Waals surface area (Å²) in [4.78, 5) is 12.5. The van der Waals surface area contributed by atoms with Crippen LogP contribution in [0.5, 0.6) is 0 Å². The van der Waals surface area contributed by atoms with E-state index in [9.17, 15) is 8.42 Å². The lowest BCUT2D eigenvalue weighted by atomic mass is 10.1. The van der Waals surface area contributed by atoms with Crippen LogP contribution in [0.15, 0.2) is 36.9 Å². The van der Waals surface area contributed by atoms with Crippen molar-refractivity contribution in [1.29, 1.82) is 0 Å². The molecule has 4 rings (SSSR count). The monoisotopic (exact) mass is 477 g/mol. The van der Waals surface area contributed by atoms with Gasteiger partial charge in [0.1, 0.15) is 5.82 Å². The molecular formula is C20H24ClN7O3S. The van der Waals surface area contributed by atoms with E-state index in [1.165, 1.54) is 12.4 Å². The number of nitrogens with zero attached hydrogens (tertiary/aromatic N) is 6. The molecule has 1 N–H and O–H groups in total. The second-order valence-corrected chi connectivity index (χ2v) is 10.5. The zero-order chi connectivity index (χ0) is 22.9. The van der Waals surface area contributed by atoms with E-state index in [1.807, 2.05) is 10.6 Å². The molecule has 0 aromatic carbocycles. The molecule has 0 amide bonds. The Morgan fingerprint density at radius 3 is 2.53 bits per heavy atom.